The number of benzene rings is 3. The third-order valence-corrected chi connectivity index (χ3v) is 9.58. The number of nitrogens with one attached hydrogen (secondary N) is 2. The molecule has 3 aromatic carbocycles. The number of aromatic nitrogens is 1. The van der Waals surface area contributed by atoms with Gasteiger partial charge < -0.3 is 25.6 Å². The number of halogens is 1. The quantitative estimate of drug-likeness (QED) is 0.266. The normalized spacial score (nSPS) is 16.0. The number of aliphatic hydroxyl groups excluding tert-OH is 1. The summed E-state index contributed by atoms with van der Waals surface area (Å²) in [4.78, 5) is 3.77. The second-order valence-corrected chi connectivity index (χ2v) is 12.5. The van der Waals surface area contributed by atoms with Crippen LogP contribution in [0, 0.1) is 12.8 Å². The van der Waals surface area contributed by atoms with Crippen molar-refractivity contribution in [2.24, 2.45) is 5.92 Å². The van der Waals surface area contributed by atoms with Crippen molar-refractivity contribution in [3.8, 4) is 5.75 Å². The van der Waals surface area contributed by atoms with E-state index in [1.807, 2.05) is 49.4 Å². The number of para-hydroxylation sites is 1. The number of aryl methyl sites for hydroxylation is 1. The molecule has 1 aromatic heterocycles. The monoisotopic (exact) mass is 603 g/mol. The molecule has 0 spiro atoms. The van der Waals surface area contributed by atoms with Crippen LogP contribution in [-0.4, -0.2) is 67.2 Å². The maximum absolute atomic E-state index is 12.9. The standard InChI is InChI=1S/C28H32BrN3O4S.H2O/c1-19-6-8-22(9-7-19)37(34,35)32-14-12-20(13-15-32)16-30-17-21(33)18-36-28-24(29)10-11-26-27(28)23-4-2-3-5-25(23)31-26;/h2-11,20-21,30-31,33H,12-18H2,1H3;1H2. The van der Waals surface area contributed by atoms with Crippen molar-refractivity contribution in [3.05, 3.63) is 70.7 Å². The summed E-state index contributed by atoms with van der Waals surface area (Å²) in [7, 11) is -3.45. The number of aliphatic hydroxyl groups is 1. The molecule has 0 amide bonds. The van der Waals surface area contributed by atoms with E-state index in [0.717, 1.165) is 57.0 Å². The Kier molecular flexibility index (Phi) is 9.12. The molecular weight excluding hydrogens is 570 g/mol. The third-order valence-electron chi connectivity index (χ3n) is 7.04. The van der Waals surface area contributed by atoms with Crippen LogP contribution in [-0.2, 0) is 10.0 Å². The Labute approximate surface area is 231 Å². The number of hydrogen-bond acceptors (Lipinski definition) is 5. The second-order valence-electron chi connectivity index (χ2n) is 9.75. The first-order chi connectivity index (χ1) is 17.8. The van der Waals surface area contributed by atoms with Gasteiger partial charge >= 0.3 is 0 Å². The lowest BCUT2D eigenvalue weighted by Crippen LogP contribution is -2.42. The number of aromatic amines is 1. The van der Waals surface area contributed by atoms with E-state index in [1.165, 1.54) is 0 Å². The zero-order valence-corrected chi connectivity index (χ0v) is 23.7. The molecule has 204 valence electrons. The SMILES string of the molecule is Cc1ccc(S(=O)(=O)N2CCC(CNCC(O)COc3c(Br)ccc4[nH]c5ccccc5c34)CC2)cc1.O. The Morgan fingerprint density at radius 1 is 1.08 bits per heavy atom. The van der Waals surface area contributed by atoms with Crippen LogP contribution >= 0.6 is 15.9 Å². The van der Waals surface area contributed by atoms with E-state index in [4.69, 9.17) is 4.74 Å². The van der Waals surface area contributed by atoms with Crippen molar-refractivity contribution in [1.29, 1.82) is 0 Å². The molecule has 1 unspecified atom stereocenters. The van der Waals surface area contributed by atoms with Crippen LogP contribution in [0.2, 0.25) is 0 Å². The molecule has 0 radical (unpaired) electrons. The molecule has 1 aliphatic heterocycles. The van der Waals surface area contributed by atoms with Crippen molar-refractivity contribution in [2.45, 2.75) is 30.8 Å². The molecule has 38 heavy (non-hydrogen) atoms. The molecule has 1 aliphatic rings. The summed E-state index contributed by atoms with van der Waals surface area (Å²) in [6, 6.07) is 19.1. The predicted octanol–water partition coefficient (Wildman–Crippen LogP) is 4.00. The van der Waals surface area contributed by atoms with Crippen LogP contribution in [0.3, 0.4) is 0 Å². The van der Waals surface area contributed by atoms with Gasteiger partial charge in [-0.2, -0.15) is 4.31 Å². The van der Waals surface area contributed by atoms with Crippen molar-refractivity contribution in [2.75, 3.05) is 32.8 Å². The fourth-order valence-electron chi connectivity index (χ4n) is 4.93. The number of sulfonamides is 1. The molecular formula is C28H34BrN3O5S. The first-order valence-corrected chi connectivity index (χ1v) is 14.8. The van der Waals surface area contributed by atoms with Gasteiger partial charge in [-0.25, -0.2) is 8.42 Å². The summed E-state index contributed by atoms with van der Waals surface area (Å²) < 4.78 is 34.4. The van der Waals surface area contributed by atoms with E-state index < -0.39 is 16.1 Å². The topological polar surface area (TPSA) is 126 Å². The Morgan fingerprint density at radius 2 is 1.79 bits per heavy atom. The summed E-state index contributed by atoms with van der Waals surface area (Å²) in [6.07, 6.45) is 0.912. The molecule has 5 N–H and O–H groups in total. The van der Waals surface area contributed by atoms with Gasteiger partial charge in [0.15, 0.2) is 0 Å². The van der Waals surface area contributed by atoms with Crippen LogP contribution in [0.4, 0.5) is 0 Å². The second kappa shape index (κ2) is 12.1. The number of fused-ring (bicyclic) bond motifs is 3. The van der Waals surface area contributed by atoms with E-state index >= 15 is 0 Å². The van der Waals surface area contributed by atoms with E-state index in [9.17, 15) is 13.5 Å². The van der Waals surface area contributed by atoms with Crippen LogP contribution in [0.25, 0.3) is 21.8 Å². The molecule has 0 aliphatic carbocycles. The summed E-state index contributed by atoms with van der Waals surface area (Å²) in [5, 5.41) is 16.0. The molecule has 0 bridgehead atoms. The Morgan fingerprint density at radius 3 is 2.53 bits per heavy atom. The number of piperidine rings is 1. The van der Waals surface area contributed by atoms with Gasteiger partial charge in [-0.05, 0) is 78.5 Å². The first-order valence-electron chi connectivity index (χ1n) is 12.6. The maximum atomic E-state index is 12.9. The Bertz CT molecular complexity index is 1480. The number of ether oxygens (including phenoxy) is 1. The summed E-state index contributed by atoms with van der Waals surface area (Å²) in [5.74, 6) is 1.09. The lowest BCUT2D eigenvalue weighted by molar-refractivity contribution is 0.105. The van der Waals surface area contributed by atoms with Crippen molar-refractivity contribution in [1.82, 2.24) is 14.6 Å². The summed E-state index contributed by atoms with van der Waals surface area (Å²) >= 11 is 3.60. The van der Waals surface area contributed by atoms with E-state index in [0.29, 0.717) is 30.4 Å². The highest BCUT2D eigenvalue weighted by atomic mass is 79.9. The fourth-order valence-corrected chi connectivity index (χ4v) is 6.85. The van der Waals surface area contributed by atoms with Crippen LogP contribution in [0.5, 0.6) is 5.75 Å². The van der Waals surface area contributed by atoms with Gasteiger partial charge in [-0.1, -0.05) is 35.9 Å². The van der Waals surface area contributed by atoms with Gasteiger partial charge in [0, 0.05) is 30.5 Å². The van der Waals surface area contributed by atoms with Gasteiger partial charge in [-0.3, -0.25) is 0 Å². The number of H-pyrrole nitrogens is 1. The van der Waals surface area contributed by atoms with Crippen LogP contribution in [0.1, 0.15) is 18.4 Å². The molecule has 1 saturated heterocycles. The lowest BCUT2D eigenvalue weighted by atomic mass is 9.98. The molecule has 5 rings (SSSR count). The number of hydrogen-bond donors (Lipinski definition) is 3. The average molecular weight is 605 g/mol. The largest absolute Gasteiger partial charge is 0.489 e. The zero-order chi connectivity index (χ0) is 26.0. The minimum Gasteiger partial charge on any atom is -0.489 e. The smallest absolute Gasteiger partial charge is 0.243 e. The molecule has 2 heterocycles. The van der Waals surface area contributed by atoms with Gasteiger partial charge in [-0.15, -0.1) is 0 Å². The van der Waals surface area contributed by atoms with E-state index in [-0.39, 0.29) is 12.1 Å². The van der Waals surface area contributed by atoms with Crippen LogP contribution in [0.15, 0.2) is 70.0 Å². The number of nitrogens with zero attached hydrogens (tertiary/aromatic N) is 1. The Balaban J connectivity index is 0.00000336. The van der Waals surface area contributed by atoms with Crippen LogP contribution < -0.4 is 10.1 Å². The van der Waals surface area contributed by atoms with E-state index in [2.05, 4.69) is 32.3 Å². The molecule has 4 aromatic rings. The first kappa shape index (κ1) is 28.5. The molecule has 8 nitrogen and oxygen atoms in total. The summed E-state index contributed by atoms with van der Waals surface area (Å²) in [6.45, 7) is 4.27. The Hall–Kier alpha value is -2.47. The predicted molar refractivity (Wildman–Crippen MR) is 154 cm³/mol. The van der Waals surface area contributed by atoms with Gasteiger partial charge in [0.2, 0.25) is 10.0 Å². The highest BCUT2D eigenvalue weighted by molar-refractivity contribution is 9.10. The zero-order valence-electron chi connectivity index (χ0n) is 21.3. The minimum absolute atomic E-state index is 0. The molecule has 1 fully saturated rings. The molecule has 1 atom stereocenters. The van der Waals surface area contributed by atoms with Gasteiger partial charge in [0.25, 0.3) is 0 Å². The van der Waals surface area contributed by atoms with E-state index in [1.54, 1.807) is 16.4 Å². The maximum Gasteiger partial charge on any atom is 0.243 e. The fraction of sp³-hybridized carbons (Fsp3) is 0.357. The highest BCUT2D eigenvalue weighted by Crippen LogP contribution is 2.38. The average Bonchev–Trinajstić information content (AvgIpc) is 3.27. The number of rotatable bonds is 9. The van der Waals surface area contributed by atoms with Crippen molar-refractivity contribution < 1.29 is 23.7 Å². The van der Waals surface area contributed by atoms with Gasteiger partial charge in [0.1, 0.15) is 18.5 Å². The lowest BCUT2D eigenvalue weighted by Gasteiger charge is -2.31. The van der Waals surface area contributed by atoms with Gasteiger partial charge in [0.05, 0.1) is 20.3 Å². The van der Waals surface area contributed by atoms with Crippen molar-refractivity contribution in [3.63, 3.8) is 0 Å². The summed E-state index contributed by atoms with van der Waals surface area (Å²) in [5.41, 5.74) is 3.07. The highest BCUT2D eigenvalue weighted by Gasteiger charge is 2.29. The third kappa shape index (κ3) is 6.06. The molecule has 0 saturated carbocycles. The minimum atomic E-state index is -3.45. The van der Waals surface area contributed by atoms with Crippen molar-refractivity contribution >= 4 is 47.8 Å². The molecule has 10 heteroatoms.